The second-order valence-corrected chi connectivity index (χ2v) is 22.8. The molecule has 2 aliphatic heterocycles. The van der Waals surface area contributed by atoms with Gasteiger partial charge in [0.25, 0.3) is 5.56 Å². The second-order valence-electron chi connectivity index (χ2n) is 13.3. The highest BCUT2D eigenvalue weighted by Gasteiger charge is 2.63. The van der Waals surface area contributed by atoms with Gasteiger partial charge in [-0.1, -0.05) is 41.5 Å². The fourth-order valence-electron chi connectivity index (χ4n) is 4.27. The Hall–Kier alpha value is -1.05. The summed E-state index contributed by atoms with van der Waals surface area (Å²) < 4.78 is 28.3. The molecule has 200 valence electrons. The van der Waals surface area contributed by atoms with Crippen LogP contribution in [0.2, 0.25) is 36.3 Å². The normalized spacial score (nSPS) is 28.3. The van der Waals surface area contributed by atoms with Gasteiger partial charge in [-0.05, 0) is 56.0 Å². The van der Waals surface area contributed by atoms with Crippen LogP contribution in [0.25, 0.3) is 0 Å². The summed E-state index contributed by atoms with van der Waals surface area (Å²) in [5.41, 5.74) is -1.27. The van der Waals surface area contributed by atoms with E-state index in [4.69, 9.17) is 18.3 Å². The summed E-state index contributed by atoms with van der Waals surface area (Å²) in [6.45, 7) is 24.8. The molecular formula is C25H46N2O6Si2. The Morgan fingerprint density at radius 1 is 1.09 bits per heavy atom. The maximum Gasteiger partial charge on any atom is 0.330 e. The molecule has 2 saturated heterocycles. The molecule has 3 heterocycles. The first-order valence-corrected chi connectivity index (χ1v) is 18.6. The standard InChI is InChI=1S/C25H46N2O6Si2/c1-17-15-27(22(29)26-20(17)28)21-25(13-12-14-30-25)19(33-35(10,11)24(5,6)7)18(32-21)16-31-34(8,9)23(2,3)4/h15,18-19,21H,12-14,16H2,1-11H3,(H,26,28,29)/t18-,19-,21-,25-/m1/s1. The highest BCUT2D eigenvalue weighted by atomic mass is 28.4. The summed E-state index contributed by atoms with van der Waals surface area (Å²) in [4.78, 5) is 27.4. The molecule has 0 aromatic carbocycles. The Morgan fingerprint density at radius 3 is 2.20 bits per heavy atom. The van der Waals surface area contributed by atoms with Gasteiger partial charge in [-0.2, -0.15) is 0 Å². The van der Waals surface area contributed by atoms with E-state index in [1.807, 2.05) is 0 Å². The van der Waals surface area contributed by atoms with E-state index in [9.17, 15) is 9.59 Å². The molecule has 0 amide bonds. The molecular weight excluding hydrogens is 480 g/mol. The third-order valence-corrected chi connectivity index (χ3v) is 17.6. The van der Waals surface area contributed by atoms with Gasteiger partial charge in [0.1, 0.15) is 17.8 Å². The Kier molecular flexibility index (Phi) is 7.63. The van der Waals surface area contributed by atoms with E-state index in [2.05, 4.69) is 72.7 Å². The van der Waals surface area contributed by atoms with Crippen LogP contribution in [0.3, 0.4) is 0 Å². The Morgan fingerprint density at radius 2 is 1.69 bits per heavy atom. The minimum atomic E-state index is -2.23. The van der Waals surface area contributed by atoms with Gasteiger partial charge in [0, 0.05) is 18.4 Å². The Balaban J connectivity index is 2.08. The monoisotopic (exact) mass is 526 g/mol. The lowest BCUT2D eigenvalue weighted by atomic mass is 9.91. The smallest absolute Gasteiger partial charge is 0.330 e. The molecule has 0 saturated carbocycles. The van der Waals surface area contributed by atoms with Crippen LogP contribution in [0.1, 0.15) is 66.2 Å². The Bertz CT molecular complexity index is 1030. The molecule has 1 N–H and O–H groups in total. The highest BCUT2D eigenvalue weighted by molar-refractivity contribution is 6.74. The molecule has 0 radical (unpaired) electrons. The molecule has 1 spiro atoms. The number of rotatable bonds is 6. The van der Waals surface area contributed by atoms with Crippen LogP contribution < -0.4 is 11.2 Å². The lowest BCUT2D eigenvalue weighted by Crippen LogP contribution is -2.56. The molecule has 10 heteroatoms. The van der Waals surface area contributed by atoms with Gasteiger partial charge >= 0.3 is 5.69 Å². The van der Waals surface area contributed by atoms with Crippen LogP contribution in [0.4, 0.5) is 0 Å². The third-order valence-electron chi connectivity index (χ3n) is 8.66. The van der Waals surface area contributed by atoms with E-state index < -0.39 is 45.8 Å². The zero-order chi connectivity index (χ0) is 26.6. The summed E-state index contributed by atoms with van der Waals surface area (Å²) >= 11 is 0. The van der Waals surface area contributed by atoms with Crippen LogP contribution in [-0.2, 0) is 18.3 Å². The predicted molar refractivity (Wildman–Crippen MR) is 143 cm³/mol. The first-order valence-electron chi connectivity index (χ1n) is 12.8. The van der Waals surface area contributed by atoms with E-state index >= 15 is 0 Å². The SMILES string of the molecule is Cc1cn([C@@H]2O[C@H](CO[Si](C)(C)C(C)(C)C)[C@@H](O[Si](C)(C)C(C)(C)C)[C@]23CCCO3)c(=O)[nH]c1=O. The first kappa shape index (κ1) is 28.5. The van der Waals surface area contributed by atoms with Gasteiger partial charge < -0.3 is 18.3 Å². The second kappa shape index (κ2) is 9.36. The van der Waals surface area contributed by atoms with Crippen LogP contribution in [-0.4, -0.2) is 57.2 Å². The minimum absolute atomic E-state index is 0.0128. The quantitative estimate of drug-likeness (QED) is 0.540. The molecule has 1 aromatic heterocycles. The molecule has 0 aliphatic carbocycles. The van der Waals surface area contributed by atoms with Crippen molar-refractivity contribution in [3.63, 3.8) is 0 Å². The summed E-state index contributed by atoms with van der Waals surface area (Å²) in [6.07, 6.45) is 1.63. The van der Waals surface area contributed by atoms with Gasteiger partial charge in [-0.25, -0.2) is 4.79 Å². The lowest BCUT2D eigenvalue weighted by molar-refractivity contribution is -0.119. The summed E-state index contributed by atoms with van der Waals surface area (Å²) in [5, 5.41) is 0.0381. The van der Waals surface area contributed by atoms with Gasteiger partial charge in [-0.3, -0.25) is 14.3 Å². The third kappa shape index (κ3) is 5.33. The fourth-order valence-corrected chi connectivity index (χ4v) is 6.63. The van der Waals surface area contributed by atoms with Crippen molar-refractivity contribution in [2.75, 3.05) is 13.2 Å². The van der Waals surface area contributed by atoms with E-state index in [-0.39, 0.29) is 16.2 Å². The molecule has 0 unspecified atom stereocenters. The van der Waals surface area contributed by atoms with Crippen LogP contribution in [0, 0.1) is 6.92 Å². The van der Waals surface area contributed by atoms with Crippen molar-refractivity contribution in [1.29, 1.82) is 0 Å². The van der Waals surface area contributed by atoms with E-state index in [0.29, 0.717) is 25.2 Å². The number of H-pyrrole nitrogens is 1. The van der Waals surface area contributed by atoms with Crippen molar-refractivity contribution in [2.24, 2.45) is 0 Å². The number of aromatic nitrogens is 2. The molecule has 2 aliphatic rings. The highest BCUT2D eigenvalue weighted by Crippen LogP contribution is 2.51. The average Bonchev–Trinajstić information content (AvgIpc) is 3.29. The molecule has 0 bridgehead atoms. The minimum Gasteiger partial charge on any atom is -0.414 e. The number of hydrogen-bond donors (Lipinski definition) is 1. The topological polar surface area (TPSA) is 91.8 Å². The summed E-state index contributed by atoms with van der Waals surface area (Å²) in [7, 11) is -4.29. The number of aromatic amines is 1. The number of hydrogen-bond acceptors (Lipinski definition) is 6. The van der Waals surface area contributed by atoms with Crippen molar-refractivity contribution >= 4 is 16.6 Å². The molecule has 1 aromatic rings. The number of nitrogens with zero attached hydrogens (tertiary/aromatic N) is 1. The predicted octanol–water partition coefficient (Wildman–Crippen LogP) is 4.70. The first-order chi connectivity index (χ1) is 15.8. The van der Waals surface area contributed by atoms with Crippen molar-refractivity contribution in [3.05, 3.63) is 32.6 Å². The number of nitrogens with one attached hydrogen (secondary N) is 1. The van der Waals surface area contributed by atoms with Crippen LogP contribution >= 0.6 is 0 Å². The zero-order valence-electron chi connectivity index (χ0n) is 23.5. The molecule has 3 rings (SSSR count). The lowest BCUT2D eigenvalue weighted by Gasteiger charge is -2.44. The van der Waals surface area contributed by atoms with E-state index in [1.54, 1.807) is 13.1 Å². The molecule has 35 heavy (non-hydrogen) atoms. The zero-order valence-corrected chi connectivity index (χ0v) is 25.5. The van der Waals surface area contributed by atoms with Gasteiger partial charge in [0.15, 0.2) is 22.9 Å². The summed E-state index contributed by atoms with van der Waals surface area (Å²) in [5.74, 6) is 0. The maximum absolute atomic E-state index is 12.9. The number of aryl methyl sites for hydroxylation is 1. The van der Waals surface area contributed by atoms with Crippen LogP contribution in [0.5, 0.6) is 0 Å². The van der Waals surface area contributed by atoms with Crippen molar-refractivity contribution in [1.82, 2.24) is 9.55 Å². The molecule has 4 atom stereocenters. The van der Waals surface area contributed by atoms with E-state index in [0.717, 1.165) is 6.42 Å². The van der Waals surface area contributed by atoms with Gasteiger partial charge in [-0.15, -0.1) is 0 Å². The molecule has 8 nitrogen and oxygen atoms in total. The Labute approximate surface area is 212 Å². The van der Waals surface area contributed by atoms with Crippen LogP contribution in [0.15, 0.2) is 15.8 Å². The van der Waals surface area contributed by atoms with Crippen molar-refractivity contribution < 1.29 is 18.3 Å². The fraction of sp³-hybridized carbons (Fsp3) is 0.840. The largest absolute Gasteiger partial charge is 0.414 e. The maximum atomic E-state index is 12.9. The molecule has 2 fully saturated rings. The average molecular weight is 527 g/mol. The van der Waals surface area contributed by atoms with Gasteiger partial charge in [0.2, 0.25) is 0 Å². The van der Waals surface area contributed by atoms with Crippen molar-refractivity contribution in [3.8, 4) is 0 Å². The van der Waals surface area contributed by atoms with Gasteiger partial charge in [0.05, 0.1) is 6.61 Å². The van der Waals surface area contributed by atoms with Crippen molar-refractivity contribution in [2.45, 2.75) is 122 Å². The number of ether oxygens (including phenoxy) is 2. The summed E-state index contributed by atoms with van der Waals surface area (Å²) in [6, 6.07) is 0. The van der Waals surface area contributed by atoms with E-state index in [1.165, 1.54) is 4.57 Å².